The smallest absolute Gasteiger partial charge is 0.396 e. The average Bonchev–Trinajstić information content (AvgIpc) is 2.47. The van der Waals surface area contributed by atoms with Crippen molar-refractivity contribution in [2.75, 3.05) is 6.61 Å². The molecule has 3 nitrogen and oxygen atoms in total. The van der Waals surface area contributed by atoms with Crippen molar-refractivity contribution in [2.45, 2.75) is 20.0 Å². The van der Waals surface area contributed by atoms with E-state index in [0.717, 1.165) is 12.3 Å². The molecule has 1 aromatic rings. The lowest BCUT2D eigenvalue weighted by Crippen LogP contribution is -2.18. The van der Waals surface area contributed by atoms with Crippen LogP contribution >= 0.6 is 23.2 Å². The maximum atomic E-state index is 12.7. The topological polar surface area (TPSA) is 34.5 Å². The summed E-state index contributed by atoms with van der Waals surface area (Å²) < 4.78 is 38.1. The Morgan fingerprint density at radius 3 is 2.57 bits per heavy atom. The van der Waals surface area contributed by atoms with E-state index in [1.54, 1.807) is 26.0 Å². The maximum Gasteiger partial charge on any atom is 0.417 e. The summed E-state index contributed by atoms with van der Waals surface area (Å²) in [6.07, 6.45) is -0.482. The Kier molecular flexibility index (Phi) is 5.37. The second kappa shape index (κ2) is 6.93. The van der Waals surface area contributed by atoms with Crippen LogP contribution in [0.4, 0.5) is 13.2 Å². The molecular weight excluding hydrogens is 352 g/mol. The molecule has 0 N–H and O–H groups in total. The van der Waals surface area contributed by atoms with Crippen molar-refractivity contribution in [1.29, 1.82) is 0 Å². The SMILES string of the molecule is CCON=C1C(Cl)=CC=C(c2ncc(C(F)(F)F)cc2Cl)C1C. The number of nitrogens with zero attached hydrogens (tertiary/aromatic N) is 2. The molecule has 0 spiro atoms. The van der Waals surface area contributed by atoms with Gasteiger partial charge in [0.1, 0.15) is 12.3 Å². The monoisotopic (exact) mass is 364 g/mol. The van der Waals surface area contributed by atoms with Crippen molar-refractivity contribution in [3.8, 4) is 0 Å². The summed E-state index contributed by atoms with van der Waals surface area (Å²) in [5.74, 6) is -0.319. The summed E-state index contributed by atoms with van der Waals surface area (Å²) in [7, 11) is 0. The van der Waals surface area contributed by atoms with Gasteiger partial charge >= 0.3 is 6.18 Å². The van der Waals surface area contributed by atoms with Gasteiger partial charge in [-0.3, -0.25) is 4.98 Å². The Bertz CT molecular complexity index is 696. The number of pyridine rings is 1. The molecule has 1 unspecified atom stereocenters. The molecule has 0 amide bonds. The minimum atomic E-state index is -4.49. The fraction of sp³-hybridized carbons (Fsp3) is 0.333. The van der Waals surface area contributed by atoms with Gasteiger partial charge in [-0.25, -0.2) is 0 Å². The zero-order valence-electron chi connectivity index (χ0n) is 12.3. The van der Waals surface area contributed by atoms with E-state index in [1.165, 1.54) is 0 Å². The number of alkyl halides is 3. The molecule has 2 rings (SSSR count). The fourth-order valence-electron chi connectivity index (χ4n) is 2.09. The molecule has 1 heterocycles. The lowest BCUT2D eigenvalue weighted by Gasteiger charge is -2.21. The predicted octanol–water partition coefficient (Wildman–Crippen LogP) is 5.30. The van der Waals surface area contributed by atoms with E-state index in [0.29, 0.717) is 22.9 Å². The van der Waals surface area contributed by atoms with Gasteiger partial charge in [0.05, 0.1) is 21.3 Å². The highest BCUT2D eigenvalue weighted by Gasteiger charge is 2.33. The first-order valence-corrected chi connectivity index (χ1v) is 7.52. The molecule has 0 saturated carbocycles. The molecule has 1 aromatic heterocycles. The minimum Gasteiger partial charge on any atom is -0.396 e. The van der Waals surface area contributed by atoms with Crippen LogP contribution in [0.15, 0.2) is 34.6 Å². The second-order valence-electron chi connectivity index (χ2n) is 4.80. The third-order valence-electron chi connectivity index (χ3n) is 3.26. The second-order valence-corrected chi connectivity index (χ2v) is 5.62. The van der Waals surface area contributed by atoms with Crippen LogP contribution in [-0.2, 0) is 11.0 Å². The first kappa shape index (κ1) is 17.8. The van der Waals surface area contributed by atoms with E-state index >= 15 is 0 Å². The van der Waals surface area contributed by atoms with E-state index in [2.05, 4.69) is 10.1 Å². The predicted molar refractivity (Wildman–Crippen MR) is 84.4 cm³/mol. The third-order valence-corrected chi connectivity index (χ3v) is 3.87. The van der Waals surface area contributed by atoms with E-state index in [4.69, 9.17) is 28.0 Å². The molecule has 1 aliphatic rings. The first-order chi connectivity index (χ1) is 10.8. The number of halogens is 5. The molecular formula is C15H13Cl2F3N2O. The summed E-state index contributed by atoms with van der Waals surface area (Å²) >= 11 is 12.1. The van der Waals surface area contributed by atoms with Crippen LogP contribution in [0.2, 0.25) is 5.02 Å². The minimum absolute atomic E-state index is 0.0832. The van der Waals surface area contributed by atoms with Crippen molar-refractivity contribution in [3.05, 3.63) is 45.7 Å². The van der Waals surface area contributed by atoms with Crippen LogP contribution in [-0.4, -0.2) is 17.3 Å². The number of hydrogen-bond acceptors (Lipinski definition) is 3. The highest BCUT2D eigenvalue weighted by molar-refractivity contribution is 6.45. The molecule has 8 heteroatoms. The Morgan fingerprint density at radius 1 is 1.30 bits per heavy atom. The fourth-order valence-corrected chi connectivity index (χ4v) is 2.63. The largest absolute Gasteiger partial charge is 0.417 e. The van der Waals surface area contributed by atoms with E-state index in [1.807, 2.05) is 0 Å². The van der Waals surface area contributed by atoms with Crippen LogP contribution in [0, 0.1) is 5.92 Å². The Morgan fingerprint density at radius 2 is 2.00 bits per heavy atom. The van der Waals surface area contributed by atoms with Gasteiger partial charge in [-0.2, -0.15) is 13.2 Å². The lowest BCUT2D eigenvalue weighted by atomic mass is 9.88. The van der Waals surface area contributed by atoms with Gasteiger partial charge in [0.15, 0.2) is 0 Å². The van der Waals surface area contributed by atoms with Crippen molar-refractivity contribution in [3.63, 3.8) is 0 Å². The van der Waals surface area contributed by atoms with E-state index in [9.17, 15) is 13.2 Å². The molecule has 0 bridgehead atoms. The number of aromatic nitrogens is 1. The van der Waals surface area contributed by atoms with Gasteiger partial charge in [0, 0.05) is 12.1 Å². The molecule has 1 aliphatic carbocycles. The first-order valence-electron chi connectivity index (χ1n) is 6.76. The molecule has 1 atom stereocenters. The standard InChI is InChI=1S/C15H13Cl2F3N2O/c1-3-23-22-13-8(2)10(4-5-11(13)16)14-12(17)6-9(7-21-14)15(18,19)20/h4-8H,3H2,1-2H3. The van der Waals surface area contributed by atoms with Gasteiger partial charge in [0.25, 0.3) is 0 Å². The van der Waals surface area contributed by atoms with E-state index in [-0.39, 0.29) is 16.6 Å². The number of oxime groups is 1. The third kappa shape index (κ3) is 3.87. The summed E-state index contributed by atoms with van der Waals surface area (Å²) in [5, 5.41) is 4.27. The van der Waals surface area contributed by atoms with Crippen molar-refractivity contribution in [2.24, 2.45) is 11.1 Å². The quantitative estimate of drug-likeness (QED) is 0.681. The Balaban J connectivity index is 2.42. The number of allylic oxidation sites excluding steroid dienone is 4. The van der Waals surface area contributed by atoms with Crippen LogP contribution < -0.4 is 0 Å². The van der Waals surface area contributed by atoms with Gasteiger partial charge < -0.3 is 4.84 Å². The van der Waals surface area contributed by atoms with E-state index < -0.39 is 11.7 Å². The number of hydrogen-bond donors (Lipinski definition) is 0. The van der Waals surface area contributed by atoms with Gasteiger partial charge in [-0.05, 0) is 24.6 Å². The van der Waals surface area contributed by atoms with Gasteiger partial charge in [-0.15, -0.1) is 0 Å². The molecule has 0 saturated heterocycles. The molecule has 23 heavy (non-hydrogen) atoms. The molecule has 0 aliphatic heterocycles. The normalized spacial score (nSPS) is 20.3. The highest BCUT2D eigenvalue weighted by atomic mass is 35.5. The van der Waals surface area contributed by atoms with Crippen LogP contribution in [0.3, 0.4) is 0 Å². The maximum absolute atomic E-state index is 12.7. The average molecular weight is 365 g/mol. The summed E-state index contributed by atoms with van der Waals surface area (Å²) in [6.45, 7) is 3.95. The van der Waals surface area contributed by atoms with Crippen molar-refractivity contribution in [1.82, 2.24) is 4.98 Å². The number of rotatable bonds is 3. The molecule has 124 valence electrons. The van der Waals surface area contributed by atoms with Crippen LogP contribution in [0.25, 0.3) is 5.57 Å². The van der Waals surface area contributed by atoms with Crippen molar-refractivity contribution >= 4 is 34.5 Å². The summed E-state index contributed by atoms with van der Waals surface area (Å²) in [5.41, 5.74) is 0.458. The molecule has 0 aromatic carbocycles. The van der Waals surface area contributed by atoms with Gasteiger partial charge in [0.2, 0.25) is 0 Å². The summed E-state index contributed by atoms with van der Waals surface area (Å²) in [4.78, 5) is 8.90. The van der Waals surface area contributed by atoms with Crippen LogP contribution in [0.1, 0.15) is 25.1 Å². The lowest BCUT2D eigenvalue weighted by molar-refractivity contribution is -0.137. The highest BCUT2D eigenvalue weighted by Crippen LogP contribution is 2.37. The molecule has 0 fully saturated rings. The Hall–Kier alpha value is -1.53. The molecule has 0 radical (unpaired) electrons. The van der Waals surface area contributed by atoms with Crippen molar-refractivity contribution < 1.29 is 18.0 Å². The van der Waals surface area contributed by atoms with Crippen LogP contribution in [0.5, 0.6) is 0 Å². The Labute approximate surface area is 141 Å². The zero-order valence-corrected chi connectivity index (χ0v) is 13.8. The summed E-state index contributed by atoms with van der Waals surface area (Å²) in [6, 6.07) is 0.858. The van der Waals surface area contributed by atoms with Gasteiger partial charge in [-0.1, -0.05) is 41.4 Å². The zero-order chi connectivity index (χ0) is 17.2.